The van der Waals surface area contributed by atoms with Gasteiger partial charge in [0.25, 0.3) is 5.91 Å². The summed E-state index contributed by atoms with van der Waals surface area (Å²) < 4.78 is 49.9. The zero-order valence-corrected chi connectivity index (χ0v) is 22.0. The van der Waals surface area contributed by atoms with Gasteiger partial charge in [0.1, 0.15) is 17.3 Å². The summed E-state index contributed by atoms with van der Waals surface area (Å²) >= 11 is 0. The summed E-state index contributed by atoms with van der Waals surface area (Å²) in [6.45, 7) is 1.72. The lowest BCUT2D eigenvalue weighted by atomic mass is 9.81. The Morgan fingerprint density at radius 2 is 1.81 bits per heavy atom. The molecule has 0 spiro atoms. The third kappa shape index (κ3) is 5.23. The van der Waals surface area contributed by atoms with Crippen LogP contribution in [0.4, 0.5) is 4.39 Å². The Bertz CT molecular complexity index is 1470. The molecule has 0 bridgehead atoms. The molecule has 1 aliphatic heterocycles. The number of aliphatic imine (C=N–C) groups is 1. The zero-order valence-electron chi connectivity index (χ0n) is 20.3. The number of rotatable bonds is 8. The SMILES string of the molecule is CCCS(=O)(=O)Oc1cccc(C2(c3ccc(F)c(-c4cncc(OC)c4)c3)N=C(N)N(C)C2=O)c1.Cl. The average molecular weight is 549 g/mol. The minimum Gasteiger partial charge on any atom is -0.495 e. The molecule has 1 aromatic heterocycles. The first-order valence-corrected chi connectivity index (χ1v) is 12.6. The summed E-state index contributed by atoms with van der Waals surface area (Å²) in [5.41, 5.74) is 5.59. The van der Waals surface area contributed by atoms with E-state index in [0.29, 0.717) is 28.9 Å². The summed E-state index contributed by atoms with van der Waals surface area (Å²) in [6.07, 6.45) is 3.35. The summed E-state index contributed by atoms with van der Waals surface area (Å²) in [5.74, 6) is -0.776. The van der Waals surface area contributed by atoms with Gasteiger partial charge in [-0.25, -0.2) is 9.38 Å². The number of nitrogens with two attached hydrogens (primary N) is 1. The molecule has 196 valence electrons. The summed E-state index contributed by atoms with van der Waals surface area (Å²) in [6, 6.07) is 11.9. The Kier molecular flexibility index (Phi) is 8.09. The van der Waals surface area contributed by atoms with Crippen molar-refractivity contribution in [2.75, 3.05) is 19.9 Å². The van der Waals surface area contributed by atoms with Crippen LogP contribution in [0, 0.1) is 5.82 Å². The number of hydrogen-bond donors (Lipinski definition) is 1. The molecule has 1 aliphatic rings. The van der Waals surface area contributed by atoms with Gasteiger partial charge < -0.3 is 14.7 Å². The fourth-order valence-corrected chi connectivity index (χ4v) is 5.02. The average Bonchev–Trinajstić information content (AvgIpc) is 3.09. The molecule has 0 radical (unpaired) electrons. The highest BCUT2D eigenvalue weighted by Crippen LogP contribution is 2.42. The number of methoxy groups -OCH3 is 1. The number of guanidine groups is 1. The quantitative estimate of drug-likeness (QED) is 0.427. The molecule has 37 heavy (non-hydrogen) atoms. The molecular formula is C25H26ClFN4O5S. The fraction of sp³-hybridized carbons (Fsp3) is 0.240. The first-order chi connectivity index (χ1) is 17.1. The molecule has 9 nitrogen and oxygen atoms in total. The summed E-state index contributed by atoms with van der Waals surface area (Å²) in [5, 5.41) is 0. The Morgan fingerprint density at radius 1 is 1.08 bits per heavy atom. The molecule has 0 aliphatic carbocycles. The van der Waals surface area contributed by atoms with Crippen molar-refractivity contribution in [1.29, 1.82) is 0 Å². The second-order valence-electron chi connectivity index (χ2n) is 8.23. The molecule has 1 unspecified atom stereocenters. The van der Waals surface area contributed by atoms with Crippen LogP contribution in [-0.4, -0.2) is 50.1 Å². The predicted octanol–water partition coefficient (Wildman–Crippen LogP) is 3.47. The number of nitrogens with zero attached hydrogens (tertiary/aromatic N) is 3. The number of likely N-dealkylation sites (N-methyl/N-ethyl adjacent to an activating group) is 1. The number of hydrogen-bond acceptors (Lipinski definition) is 8. The second-order valence-corrected chi connectivity index (χ2v) is 9.92. The Labute approximate surface area is 220 Å². The van der Waals surface area contributed by atoms with Gasteiger partial charge in [-0.3, -0.25) is 14.7 Å². The molecular weight excluding hydrogens is 523 g/mol. The molecule has 2 heterocycles. The van der Waals surface area contributed by atoms with E-state index in [1.165, 1.54) is 61.8 Å². The number of carbonyl (C=O) groups excluding carboxylic acids is 1. The van der Waals surface area contributed by atoms with Crippen molar-refractivity contribution in [2.45, 2.75) is 18.9 Å². The van der Waals surface area contributed by atoms with Gasteiger partial charge in [-0.2, -0.15) is 8.42 Å². The van der Waals surface area contributed by atoms with Gasteiger partial charge in [-0.15, -0.1) is 12.4 Å². The van der Waals surface area contributed by atoms with Crippen molar-refractivity contribution in [3.63, 3.8) is 0 Å². The molecule has 2 N–H and O–H groups in total. The van der Waals surface area contributed by atoms with Crippen molar-refractivity contribution in [3.05, 3.63) is 77.9 Å². The lowest BCUT2D eigenvalue weighted by molar-refractivity contribution is -0.129. The number of carbonyl (C=O) groups is 1. The van der Waals surface area contributed by atoms with E-state index in [2.05, 4.69) is 9.98 Å². The van der Waals surface area contributed by atoms with E-state index in [1.54, 1.807) is 25.1 Å². The van der Waals surface area contributed by atoms with E-state index in [0.717, 1.165) is 0 Å². The van der Waals surface area contributed by atoms with Gasteiger partial charge in [-0.1, -0.05) is 25.1 Å². The topological polar surface area (TPSA) is 124 Å². The third-order valence-electron chi connectivity index (χ3n) is 5.81. The van der Waals surface area contributed by atoms with E-state index in [4.69, 9.17) is 14.7 Å². The van der Waals surface area contributed by atoms with Crippen LogP contribution in [0.15, 0.2) is 65.9 Å². The molecule has 2 aromatic carbocycles. The van der Waals surface area contributed by atoms with Gasteiger partial charge >= 0.3 is 10.1 Å². The maximum absolute atomic E-state index is 15.0. The third-order valence-corrected chi connectivity index (χ3v) is 7.17. The van der Waals surface area contributed by atoms with E-state index in [-0.39, 0.29) is 35.4 Å². The molecule has 0 saturated heterocycles. The zero-order chi connectivity index (χ0) is 26.1. The van der Waals surface area contributed by atoms with Crippen LogP contribution in [0.1, 0.15) is 24.5 Å². The number of aromatic nitrogens is 1. The lowest BCUT2D eigenvalue weighted by Crippen LogP contribution is -2.41. The number of amides is 1. The van der Waals surface area contributed by atoms with Crippen molar-refractivity contribution in [1.82, 2.24) is 9.88 Å². The van der Waals surface area contributed by atoms with Crippen molar-refractivity contribution in [2.24, 2.45) is 10.7 Å². The summed E-state index contributed by atoms with van der Waals surface area (Å²) in [4.78, 5) is 23.4. The minimum atomic E-state index is -3.82. The van der Waals surface area contributed by atoms with Crippen LogP contribution < -0.4 is 14.7 Å². The van der Waals surface area contributed by atoms with Crippen LogP contribution in [0.5, 0.6) is 11.5 Å². The van der Waals surface area contributed by atoms with Crippen molar-refractivity contribution < 1.29 is 26.5 Å². The number of benzene rings is 2. The highest BCUT2D eigenvalue weighted by atomic mass is 35.5. The van der Waals surface area contributed by atoms with Gasteiger partial charge in [0.15, 0.2) is 11.5 Å². The number of halogens is 2. The monoisotopic (exact) mass is 548 g/mol. The first kappa shape index (κ1) is 27.9. The predicted molar refractivity (Wildman–Crippen MR) is 140 cm³/mol. The van der Waals surface area contributed by atoms with Crippen molar-refractivity contribution in [3.8, 4) is 22.6 Å². The molecule has 4 rings (SSSR count). The van der Waals surface area contributed by atoms with E-state index < -0.39 is 27.4 Å². The van der Waals surface area contributed by atoms with Crippen LogP contribution in [0.2, 0.25) is 0 Å². The number of ether oxygens (including phenoxy) is 1. The molecule has 1 amide bonds. The maximum atomic E-state index is 15.0. The highest BCUT2D eigenvalue weighted by molar-refractivity contribution is 7.87. The van der Waals surface area contributed by atoms with Gasteiger partial charge in [-0.05, 0) is 47.9 Å². The molecule has 0 saturated carbocycles. The molecule has 0 fully saturated rings. The maximum Gasteiger partial charge on any atom is 0.309 e. The Balaban J connectivity index is 0.00000380. The fourth-order valence-electron chi connectivity index (χ4n) is 4.04. The summed E-state index contributed by atoms with van der Waals surface area (Å²) in [7, 11) is -0.871. The van der Waals surface area contributed by atoms with Gasteiger partial charge in [0, 0.05) is 24.4 Å². The Hall–Kier alpha value is -3.70. The van der Waals surface area contributed by atoms with Crippen molar-refractivity contribution >= 4 is 34.4 Å². The standard InChI is InChI=1S/C25H25FN4O5S.ClH/c1-4-10-36(32,33)35-19-7-5-6-17(12-19)25(23(31)30(2)24(27)29-25)18-8-9-22(26)21(13-18)16-11-20(34-3)15-28-14-16;/h5-9,11-15H,4,10H2,1-3H3,(H2,27,29);1H. The van der Waals surface area contributed by atoms with Crippen LogP contribution in [0.25, 0.3) is 11.1 Å². The van der Waals surface area contributed by atoms with Gasteiger partial charge in [0.2, 0.25) is 0 Å². The molecule has 3 aromatic rings. The van der Waals surface area contributed by atoms with Crippen LogP contribution in [0.3, 0.4) is 0 Å². The molecule has 1 atom stereocenters. The lowest BCUT2D eigenvalue weighted by Gasteiger charge is -2.27. The van der Waals surface area contributed by atoms with E-state index in [9.17, 15) is 17.6 Å². The van der Waals surface area contributed by atoms with Gasteiger partial charge in [0.05, 0.1) is 19.1 Å². The van der Waals surface area contributed by atoms with Crippen LogP contribution >= 0.6 is 12.4 Å². The molecule has 12 heteroatoms. The minimum absolute atomic E-state index is 0. The largest absolute Gasteiger partial charge is 0.495 e. The highest BCUT2D eigenvalue weighted by Gasteiger charge is 2.50. The first-order valence-electron chi connectivity index (χ1n) is 11.1. The Morgan fingerprint density at radius 3 is 2.46 bits per heavy atom. The van der Waals surface area contributed by atoms with E-state index in [1.807, 2.05) is 0 Å². The van der Waals surface area contributed by atoms with Crippen LogP contribution in [-0.2, 0) is 20.5 Å². The normalized spacial score (nSPS) is 17.2. The van der Waals surface area contributed by atoms with E-state index >= 15 is 0 Å². The number of pyridine rings is 1. The smallest absolute Gasteiger partial charge is 0.309 e. The second kappa shape index (κ2) is 10.7.